The number of benzene rings is 1. The standard InChI is InChI=1S/C14H15NO3/c1-3-17-13-8-6-5-7-11(13)9-12(10-15)14(16)18-4-2/h5-9H,3-4H2,1-2H3/b12-9+. The Labute approximate surface area is 106 Å². The number of nitriles is 1. The average Bonchev–Trinajstić information content (AvgIpc) is 2.38. The van der Waals surface area contributed by atoms with Crippen molar-refractivity contribution in [3.8, 4) is 11.8 Å². The van der Waals surface area contributed by atoms with Gasteiger partial charge in [-0.25, -0.2) is 4.79 Å². The van der Waals surface area contributed by atoms with Crippen LogP contribution in [0.25, 0.3) is 6.08 Å². The van der Waals surface area contributed by atoms with Crippen LogP contribution in [-0.4, -0.2) is 19.2 Å². The predicted octanol–water partition coefficient (Wildman–Crippen LogP) is 2.56. The van der Waals surface area contributed by atoms with Gasteiger partial charge in [-0.2, -0.15) is 5.26 Å². The molecule has 0 aliphatic heterocycles. The molecule has 0 N–H and O–H groups in total. The van der Waals surface area contributed by atoms with Crippen molar-refractivity contribution in [3.05, 3.63) is 35.4 Å². The van der Waals surface area contributed by atoms with E-state index in [0.717, 1.165) is 0 Å². The first-order valence-corrected chi connectivity index (χ1v) is 5.73. The molecular formula is C14H15NO3. The highest BCUT2D eigenvalue weighted by atomic mass is 16.5. The van der Waals surface area contributed by atoms with Crippen LogP contribution >= 0.6 is 0 Å². The quantitative estimate of drug-likeness (QED) is 0.454. The molecule has 0 bridgehead atoms. The van der Waals surface area contributed by atoms with Crippen LogP contribution in [0.1, 0.15) is 19.4 Å². The zero-order chi connectivity index (χ0) is 13.4. The van der Waals surface area contributed by atoms with Crippen molar-refractivity contribution < 1.29 is 14.3 Å². The van der Waals surface area contributed by atoms with Crippen LogP contribution in [0.3, 0.4) is 0 Å². The number of nitrogens with zero attached hydrogens (tertiary/aromatic N) is 1. The maximum Gasteiger partial charge on any atom is 0.348 e. The van der Waals surface area contributed by atoms with Crippen molar-refractivity contribution in [2.75, 3.05) is 13.2 Å². The lowest BCUT2D eigenvalue weighted by atomic mass is 10.1. The lowest BCUT2D eigenvalue weighted by molar-refractivity contribution is -0.137. The molecule has 0 unspecified atom stereocenters. The van der Waals surface area contributed by atoms with E-state index in [2.05, 4.69) is 0 Å². The molecule has 4 heteroatoms. The van der Waals surface area contributed by atoms with Gasteiger partial charge in [0.15, 0.2) is 0 Å². The first-order valence-electron chi connectivity index (χ1n) is 5.73. The van der Waals surface area contributed by atoms with Gasteiger partial charge in [-0.05, 0) is 26.0 Å². The molecule has 0 radical (unpaired) electrons. The van der Waals surface area contributed by atoms with Crippen molar-refractivity contribution in [1.29, 1.82) is 5.26 Å². The van der Waals surface area contributed by atoms with Crippen molar-refractivity contribution in [3.63, 3.8) is 0 Å². The second-order valence-electron chi connectivity index (χ2n) is 3.36. The van der Waals surface area contributed by atoms with Gasteiger partial charge in [0.2, 0.25) is 0 Å². The minimum atomic E-state index is -0.619. The van der Waals surface area contributed by atoms with Crippen molar-refractivity contribution in [2.24, 2.45) is 0 Å². The van der Waals surface area contributed by atoms with E-state index in [9.17, 15) is 4.79 Å². The zero-order valence-corrected chi connectivity index (χ0v) is 10.5. The Bertz CT molecular complexity index is 486. The summed E-state index contributed by atoms with van der Waals surface area (Å²) in [6.07, 6.45) is 1.48. The highest BCUT2D eigenvalue weighted by Gasteiger charge is 2.11. The van der Waals surface area contributed by atoms with E-state index < -0.39 is 5.97 Å². The van der Waals surface area contributed by atoms with E-state index in [1.807, 2.05) is 25.1 Å². The molecule has 1 aromatic carbocycles. The van der Waals surface area contributed by atoms with E-state index in [0.29, 0.717) is 17.9 Å². The third kappa shape index (κ3) is 3.63. The second kappa shape index (κ2) is 7.13. The van der Waals surface area contributed by atoms with E-state index in [4.69, 9.17) is 14.7 Å². The number of rotatable bonds is 5. The summed E-state index contributed by atoms with van der Waals surface area (Å²) in [6, 6.07) is 9.05. The summed E-state index contributed by atoms with van der Waals surface area (Å²) in [5.74, 6) is 0.0170. The number of hydrogen-bond donors (Lipinski definition) is 0. The lowest BCUT2D eigenvalue weighted by Gasteiger charge is -2.07. The van der Waals surface area contributed by atoms with Crippen LogP contribution in [0.5, 0.6) is 5.75 Å². The van der Waals surface area contributed by atoms with E-state index in [-0.39, 0.29) is 12.2 Å². The summed E-state index contributed by atoms with van der Waals surface area (Å²) in [7, 11) is 0. The third-order valence-corrected chi connectivity index (χ3v) is 2.13. The molecule has 0 atom stereocenters. The summed E-state index contributed by atoms with van der Waals surface area (Å²) in [5.41, 5.74) is 0.646. The van der Waals surface area contributed by atoms with Gasteiger partial charge in [-0.3, -0.25) is 0 Å². The Hall–Kier alpha value is -2.28. The summed E-state index contributed by atoms with van der Waals surface area (Å²) in [5, 5.41) is 8.95. The number of carbonyl (C=O) groups is 1. The van der Waals surface area contributed by atoms with Gasteiger partial charge in [-0.15, -0.1) is 0 Å². The molecule has 1 aromatic rings. The molecule has 0 saturated heterocycles. The molecule has 18 heavy (non-hydrogen) atoms. The molecule has 0 heterocycles. The molecule has 1 rings (SSSR count). The van der Waals surface area contributed by atoms with Crippen molar-refractivity contribution in [2.45, 2.75) is 13.8 Å². The number of carbonyl (C=O) groups excluding carboxylic acids is 1. The fourth-order valence-corrected chi connectivity index (χ4v) is 1.39. The second-order valence-corrected chi connectivity index (χ2v) is 3.36. The summed E-state index contributed by atoms with van der Waals surface area (Å²) in [4.78, 5) is 11.5. The molecule has 4 nitrogen and oxygen atoms in total. The molecule has 94 valence electrons. The Morgan fingerprint density at radius 3 is 2.67 bits per heavy atom. The van der Waals surface area contributed by atoms with Crippen LogP contribution < -0.4 is 4.74 Å². The maximum atomic E-state index is 11.5. The topological polar surface area (TPSA) is 59.3 Å². The first-order chi connectivity index (χ1) is 8.72. The van der Waals surface area contributed by atoms with E-state index >= 15 is 0 Å². The summed E-state index contributed by atoms with van der Waals surface area (Å²) >= 11 is 0. The van der Waals surface area contributed by atoms with Crippen LogP contribution in [0, 0.1) is 11.3 Å². The monoisotopic (exact) mass is 245 g/mol. The molecule has 0 aliphatic carbocycles. The van der Waals surface area contributed by atoms with Gasteiger partial charge in [-0.1, -0.05) is 18.2 Å². The van der Waals surface area contributed by atoms with Gasteiger partial charge in [0, 0.05) is 5.56 Å². The fraction of sp³-hybridized carbons (Fsp3) is 0.286. The average molecular weight is 245 g/mol. The van der Waals surface area contributed by atoms with Crippen LogP contribution in [0.15, 0.2) is 29.8 Å². The van der Waals surface area contributed by atoms with Gasteiger partial charge >= 0.3 is 5.97 Å². The molecule has 0 aromatic heterocycles. The Kier molecular flexibility index (Phi) is 5.46. The molecule has 0 amide bonds. The first kappa shape index (κ1) is 13.8. The van der Waals surface area contributed by atoms with Crippen LogP contribution in [-0.2, 0) is 9.53 Å². The molecule has 0 spiro atoms. The summed E-state index contributed by atoms with van der Waals surface area (Å²) in [6.45, 7) is 4.33. The lowest BCUT2D eigenvalue weighted by Crippen LogP contribution is -2.06. The Balaban J connectivity index is 3.06. The Morgan fingerprint density at radius 2 is 2.06 bits per heavy atom. The zero-order valence-electron chi connectivity index (χ0n) is 10.5. The number of ether oxygens (including phenoxy) is 2. The third-order valence-electron chi connectivity index (χ3n) is 2.13. The van der Waals surface area contributed by atoms with Crippen LogP contribution in [0.4, 0.5) is 0 Å². The van der Waals surface area contributed by atoms with Gasteiger partial charge in [0.1, 0.15) is 17.4 Å². The minimum absolute atomic E-state index is 0.0380. The van der Waals surface area contributed by atoms with Crippen molar-refractivity contribution >= 4 is 12.0 Å². The van der Waals surface area contributed by atoms with E-state index in [1.54, 1.807) is 19.1 Å². The van der Waals surface area contributed by atoms with Gasteiger partial charge < -0.3 is 9.47 Å². The Morgan fingerprint density at radius 1 is 1.33 bits per heavy atom. The highest BCUT2D eigenvalue weighted by Crippen LogP contribution is 2.21. The smallest absolute Gasteiger partial charge is 0.348 e. The molecule has 0 fully saturated rings. The largest absolute Gasteiger partial charge is 0.493 e. The SMILES string of the molecule is CCOC(=O)/C(C#N)=C/c1ccccc1OCC. The number of esters is 1. The highest BCUT2D eigenvalue weighted by molar-refractivity contribution is 5.98. The number of hydrogen-bond acceptors (Lipinski definition) is 4. The molecule has 0 aliphatic rings. The van der Waals surface area contributed by atoms with Crippen LogP contribution in [0.2, 0.25) is 0 Å². The predicted molar refractivity (Wildman–Crippen MR) is 67.8 cm³/mol. The fourth-order valence-electron chi connectivity index (χ4n) is 1.39. The summed E-state index contributed by atoms with van der Waals surface area (Å²) < 4.78 is 10.2. The minimum Gasteiger partial charge on any atom is -0.493 e. The number of para-hydroxylation sites is 1. The normalized spacial score (nSPS) is 10.6. The van der Waals surface area contributed by atoms with Gasteiger partial charge in [0.25, 0.3) is 0 Å². The van der Waals surface area contributed by atoms with Gasteiger partial charge in [0.05, 0.1) is 13.2 Å². The maximum absolute atomic E-state index is 11.5. The molecule has 0 saturated carbocycles. The molecular weight excluding hydrogens is 230 g/mol. The van der Waals surface area contributed by atoms with Crippen molar-refractivity contribution in [1.82, 2.24) is 0 Å². The van der Waals surface area contributed by atoms with E-state index in [1.165, 1.54) is 6.08 Å².